The minimum absolute atomic E-state index is 0.134. The molecule has 0 saturated carbocycles. The highest BCUT2D eigenvalue weighted by molar-refractivity contribution is 8.00. The first-order chi connectivity index (χ1) is 12.4. The molecule has 2 heterocycles. The Hall–Kier alpha value is -1.77. The van der Waals surface area contributed by atoms with Crippen LogP contribution in [0.5, 0.6) is 0 Å². The quantitative estimate of drug-likeness (QED) is 0.555. The average molecular weight is 394 g/mol. The number of carbonyl (C=O) groups excluding carboxylic acids is 1. The third kappa shape index (κ3) is 4.13. The fourth-order valence-corrected chi connectivity index (χ4v) is 5.08. The van der Waals surface area contributed by atoms with Gasteiger partial charge in [0.25, 0.3) is 0 Å². The largest absolute Gasteiger partial charge is 0.293 e. The van der Waals surface area contributed by atoms with Gasteiger partial charge < -0.3 is 0 Å². The van der Waals surface area contributed by atoms with Crippen molar-refractivity contribution in [2.75, 3.05) is 13.1 Å². The highest BCUT2D eigenvalue weighted by Crippen LogP contribution is 2.26. The van der Waals surface area contributed by atoms with Crippen molar-refractivity contribution in [2.24, 2.45) is 0 Å². The van der Waals surface area contributed by atoms with Crippen LogP contribution in [-0.4, -0.2) is 41.8 Å². The molecule has 0 aliphatic carbocycles. The van der Waals surface area contributed by atoms with Crippen LogP contribution in [0, 0.1) is 5.82 Å². The Morgan fingerprint density at radius 3 is 2.38 bits per heavy atom. The number of halogens is 1. The second-order valence-corrected chi connectivity index (χ2v) is 9.37. The summed E-state index contributed by atoms with van der Waals surface area (Å²) in [5.74, 6) is -0.524. The number of pyridine rings is 1. The first kappa shape index (κ1) is 19.0. The van der Waals surface area contributed by atoms with Gasteiger partial charge in [0.05, 0.1) is 10.3 Å². The molecule has 1 atom stereocenters. The Morgan fingerprint density at radius 1 is 1.15 bits per heavy atom. The number of Topliss-reactive ketones (excluding diaryl/α,β-unsaturated/α-hetero) is 1. The van der Waals surface area contributed by atoms with Crippen molar-refractivity contribution in [3.05, 3.63) is 54.0 Å². The summed E-state index contributed by atoms with van der Waals surface area (Å²) in [7, 11) is -3.49. The summed E-state index contributed by atoms with van der Waals surface area (Å²) in [5.41, 5.74) is 0.430. The number of benzene rings is 1. The molecule has 0 bridgehead atoms. The first-order valence-corrected chi connectivity index (χ1v) is 10.6. The van der Waals surface area contributed by atoms with Crippen molar-refractivity contribution >= 4 is 27.6 Å². The molecule has 3 rings (SSSR count). The second-order valence-electron chi connectivity index (χ2n) is 6.07. The molecule has 1 aromatic heterocycles. The van der Waals surface area contributed by atoms with E-state index < -0.39 is 21.1 Å². The van der Waals surface area contributed by atoms with Gasteiger partial charge >= 0.3 is 0 Å². The molecule has 0 amide bonds. The summed E-state index contributed by atoms with van der Waals surface area (Å²) in [6, 6.07) is 8.55. The summed E-state index contributed by atoms with van der Waals surface area (Å²) >= 11 is 1.24. The molecule has 0 unspecified atom stereocenters. The van der Waals surface area contributed by atoms with Gasteiger partial charge in [0.2, 0.25) is 10.0 Å². The topological polar surface area (TPSA) is 67.3 Å². The number of aromatic nitrogens is 1. The smallest absolute Gasteiger partial charge is 0.244 e. The molecule has 1 aliphatic rings. The fraction of sp³-hybridized carbons (Fsp3) is 0.333. The molecule has 26 heavy (non-hydrogen) atoms. The molecule has 1 aromatic carbocycles. The normalized spacial score (nSPS) is 16.5. The average Bonchev–Trinajstić information content (AvgIpc) is 3.18. The van der Waals surface area contributed by atoms with Crippen molar-refractivity contribution < 1.29 is 17.6 Å². The predicted octanol–water partition coefficient (Wildman–Crippen LogP) is 3.37. The van der Waals surface area contributed by atoms with Crippen molar-refractivity contribution in [1.82, 2.24) is 9.29 Å². The minimum atomic E-state index is -3.49. The third-order valence-electron chi connectivity index (χ3n) is 4.21. The number of sulfonamides is 1. The Kier molecular flexibility index (Phi) is 5.74. The Morgan fingerprint density at radius 2 is 1.81 bits per heavy atom. The van der Waals surface area contributed by atoms with Gasteiger partial charge in [0.1, 0.15) is 10.7 Å². The van der Waals surface area contributed by atoms with Crippen LogP contribution in [0.2, 0.25) is 0 Å². The summed E-state index contributed by atoms with van der Waals surface area (Å²) in [6.45, 7) is 2.83. The molecule has 5 nitrogen and oxygen atoms in total. The number of ketones is 1. The van der Waals surface area contributed by atoms with E-state index in [0.717, 1.165) is 12.8 Å². The number of hydrogen-bond acceptors (Lipinski definition) is 5. The maximum atomic E-state index is 13.0. The van der Waals surface area contributed by atoms with E-state index in [-0.39, 0.29) is 10.7 Å². The molecule has 1 fully saturated rings. The van der Waals surface area contributed by atoms with Crippen molar-refractivity contribution in [1.29, 1.82) is 0 Å². The van der Waals surface area contributed by atoms with Crippen LogP contribution in [-0.2, 0) is 10.0 Å². The van der Waals surface area contributed by atoms with Crippen LogP contribution in [0.1, 0.15) is 30.1 Å². The number of thioether (sulfide) groups is 1. The summed E-state index contributed by atoms with van der Waals surface area (Å²) in [6.07, 6.45) is 3.10. The number of hydrogen-bond donors (Lipinski definition) is 0. The van der Waals surface area contributed by atoms with Crippen LogP contribution < -0.4 is 0 Å². The maximum absolute atomic E-state index is 13.0. The number of nitrogens with zero attached hydrogens (tertiary/aromatic N) is 2. The van der Waals surface area contributed by atoms with E-state index in [1.54, 1.807) is 13.0 Å². The van der Waals surface area contributed by atoms with Gasteiger partial charge in [-0.2, -0.15) is 4.31 Å². The van der Waals surface area contributed by atoms with Gasteiger partial charge in [-0.25, -0.2) is 17.8 Å². The molecule has 138 valence electrons. The summed E-state index contributed by atoms with van der Waals surface area (Å²) < 4.78 is 39.4. The van der Waals surface area contributed by atoms with Crippen LogP contribution in [0.3, 0.4) is 0 Å². The maximum Gasteiger partial charge on any atom is 0.244 e. The van der Waals surface area contributed by atoms with E-state index in [0.29, 0.717) is 23.7 Å². The van der Waals surface area contributed by atoms with Crippen LogP contribution >= 0.6 is 11.8 Å². The standard InChI is InChI=1S/C18H19FN2O3S2/c1-13(18(22)14-4-6-15(19)7-5-14)25-17-9-8-16(12-20-17)26(23,24)21-10-2-3-11-21/h4-9,12-13H,2-3,10-11H2,1H3/t13-/m1/s1. The van der Waals surface area contributed by atoms with Crippen LogP contribution in [0.25, 0.3) is 0 Å². The third-order valence-corrected chi connectivity index (χ3v) is 7.14. The minimum Gasteiger partial charge on any atom is -0.293 e. The molecule has 0 N–H and O–H groups in total. The number of rotatable bonds is 6. The van der Waals surface area contributed by atoms with Crippen molar-refractivity contribution in [3.63, 3.8) is 0 Å². The van der Waals surface area contributed by atoms with E-state index >= 15 is 0 Å². The molecular formula is C18H19FN2O3S2. The van der Waals surface area contributed by atoms with Crippen LogP contribution in [0.15, 0.2) is 52.5 Å². The summed E-state index contributed by atoms with van der Waals surface area (Å²) in [5, 5.41) is 0.141. The van der Waals surface area contributed by atoms with E-state index in [1.807, 2.05) is 0 Å². The first-order valence-electron chi connectivity index (χ1n) is 8.30. The predicted molar refractivity (Wildman–Crippen MR) is 98.3 cm³/mol. The molecule has 8 heteroatoms. The van der Waals surface area contributed by atoms with E-state index in [2.05, 4.69) is 4.98 Å². The van der Waals surface area contributed by atoms with Gasteiger partial charge in [-0.3, -0.25) is 4.79 Å². The molecule has 2 aromatic rings. The second kappa shape index (κ2) is 7.85. The van der Waals surface area contributed by atoms with Crippen molar-refractivity contribution in [2.45, 2.75) is 34.9 Å². The number of carbonyl (C=O) groups is 1. The SMILES string of the molecule is C[C@@H](Sc1ccc(S(=O)(=O)N2CCCC2)cn1)C(=O)c1ccc(F)cc1. The lowest BCUT2D eigenvalue weighted by atomic mass is 10.1. The van der Waals surface area contributed by atoms with E-state index in [9.17, 15) is 17.6 Å². The molecular weight excluding hydrogens is 375 g/mol. The Bertz CT molecular complexity index is 878. The van der Waals surface area contributed by atoms with Gasteiger partial charge in [-0.15, -0.1) is 0 Å². The zero-order chi connectivity index (χ0) is 18.7. The lowest BCUT2D eigenvalue weighted by Crippen LogP contribution is -2.27. The lowest BCUT2D eigenvalue weighted by Gasteiger charge is -2.15. The Balaban J connectivity index is 1.69. The molecule has 1 saturated heterocycles. The Labute approximate surface area is 156 Å². The van der Waals surface area contributed by atoms with E-state index in [4.69, 9.17) is 0 Å². The highest BCUT2D eigenvalue weighted by atomic mass is 32.2. The van der Waals surface area contributed by atoms with Gasteiger partial charge in [0, 0.05) is 24.8 Å². The van der Waals surface area contributed by atoms with Crippen molar-refractivity contribution in [3.8, 4) is 0 Å². The highest BCUT2D eigenvalue weighted by Gasteiger charge is 2.27. The molecule has 0 radical (unpaired) electrons. The zero-order valence-corrected chi connectivity index (χ0v) is 15.9. The summed E-state index contributed by atoms with van der Waals surface area (Å²) in [4.78, 5) is 16.7. The monoisotopic (exact) mass is 394 g/mol. The van der Waals surface area contributed by atoms with Crippen LogP contribution in [0.4, 0.5) is 4.39 Å². The van der Waals surface area contributed by atoms with Gasteiger partial charge in [-0.05, 0) is 56.2 Å². The van der Waals surface area contributed by atoms with Gasteiger partial charge in [-0.1, -0.05) is 11.8 Å². The van der Waals surface area contributed by atoms with Gasteiger partial charge in [0.15, 0.2) is 5.78 Å². The molecule has 1 aliphatic heterocycles. The zero-order valence-electron chi connectivity index (χ0n) is 14.3. The van der Waals surface area contributed by atoms with E-state index in [1.165, 1.54) is 52.6 Å². The molecule has 0 spiro atoms. The fourth-order valence-electron chi connectivity index (χ4n) is 2.75. The lowest BCUT2D eigenvalue weighted by molar-refractivity contribution is 0.0994.